The molecule has 0 aliphatic carbocycles. The van der Waals surface area contributed by atoms with Gasteiger partial charge in [0.25, 0.3) is 0 Å². The van der Waals surface area contributed by atoms with Gasteiger partial charge in [-0.15, -0.1) is 0 Å². The van der Waals surface area contributed by atoms with Crippen LogP contribution in [0, 0.1) is 0 Å². The van der Waals surface area contributed by atoms with Gasteiger partial charge in [0.2, 0.25) is 0 Å². The molecule has 1 aromatic heterocycles. The molecule has 1 saturated heterocycles. The Morgan fingerprint density at radius 1 is 1.09 bits per heavy atom. The van der Waals surface area contributed by atoms with E-state index in [-0.39, 0.29) is 12.9 Å². The Hall–Kier alpha value is -3.22. The van der Waals surface area contributed by atoms with E-state index < -0.39 is 5.97 Å². The zero-order valence-electron chi connectivity index (χ0n) is 19.6. The molecule has 3 aromatic rings. The smallest absolute Gasteiger partial charge is 0.340 e. The fraction of sp³-hybridized carbons (Fsp3) is 0.357. The highest BCUT2D eigenvalue weighted by Crippen LogP contribution is 2.35. The van der Waals surface area contributed by atoms with E-state index >= 15 is 0 Å². The van der Waals surface area contributed by atoms with Gasteiger partial charge in [0.05, 0.1) is 30.2 Å². The van der Waals surface area contributed by atoms with Gasteiger partial charge in [-0.2, -0.15) is 0 Å². The fourth-order valence-electron chi connectivity index (χ4n) is 4.46. The summed E-state index contributed by atoms with van der Waals surface area (Å²) in [5, 5.41) is 0. The van der Waals surface area contributed by atoms with Gasteiger partial charge in [-0.1, -0.05) is 48.5 Å². The number of para-hydroxylation sites is 1. The lowest BCUT2D eigenvalue weighted by Gasteiger charge is -2.22. The van der Waals surface area contributed by atoms with E-state index in [1.807, 2.05) is 65.2 Å². The second kappa shape index (κ2) is 11.8. The predicted octanol–water partition coefficient (Wildman–Crippen LogP) is 5.61. The summed E-state index contributed by atoms with van der Waals surface area (Å²) in [6, 6.07) is 19.3. The van der Waals surface area contributed by atoms with E-state index in [0.717, 1.165) is 43.4 Å². The van der Waals surface area contributed by atoms with Gasteiger partial charge in [-0.05, 0) is 62.3 Å². The molecule has 0 N–H and O–H groups in total. The Kier molecular flexibility index (Phi) is 8.28. The molecule has 1 atom stereocenters. The molecule has 6 nitrogen and oxygen atoms in total. The number of benzene rings is 2. The van der Waals surface area contributed by atoms with Crippen molar-refractivity contribution in [2.45, 2.75) is 45.3 Å². The van der Waals surface area contributed by atoms with Gasteiger partial charge in [0.15, 0.2) is 12.6 Å². The molecule has 1 aliphatic rings. The van der Waals surface area contributed by atoms with Crippen LogP contribution in [0.5, 0.6) is 0 Å². The minimum Gasteiger partial charge on any atom is -0.462 e. The van der Waals surface area contributed by atoms with E-state index in [2.05, 4.69) is 0 Å². The summed E-state index contributed by atoms with van der Waals surface area (Å²) in [4.78, 5) is 25.7. The first kappa shape index (κ1) is 23.9. The molecule has 2 heterocycles. The van der Waals surface area contributed by atoms with Crippen molar-refractivity contribution in [3.05, 3.63) is 77.5 Å². The number of aromatic nitrogens is 1. The standard InChI is InChI=1S/C28H31NO5/c1-2-32-28(31)26-23(16-11-19-34-25-17-9-10-18-33-25)24(20-30)29(22-14-7-4-8-15-22)27(26)21-12-5-3-6-13-21/h3-8,12-15,20,25H,2,9-11,16-19H2,1H3. The van der Waals surface area contributed by atoms with Crippen LogP contribution in [-0.2, 0) is 20.6 Å². The number of carbonyl (C=O) groups excluding carboxylic acids is 2. The monoisotopic (exact) mass is 461 g/mol. The Morgan fingerprint density at radius 2 is 1.82 bits per heavy atom. The largest absolute Gasteiger partial charge is 0.462 e. The van der Waals surface area contributed by atoms with Crippen LogP contribution in [0.4, 0.5) is 0 Å². The van der Waals surface area contributed by atoms with Crippen molar-refractivity contribution in [3.63, 3.8) is 0 Å². The molecule has 4 rings (SSSR count). The van der Waals surface area contributed by atoms with Crippen LogP contribution in [-0.4, -0.2) is 42.9 Å². The molecule has 2 aromatic carbocycles. The van der Waals surface area contributed by atoms with Crippen LogP contribution in [0.3, 0.4) is 0 Å². The highest BCUT2D eigenvalue weighted by molar-refractivity contribution is 6.02. The van der Waals surface area contributed by atoms with Crippen molar-refractivity contribution >= 4 is 12.3 Å². The lowest BCUT2D eigenvalue weighted by molar-refractivity contribution is -0.162. The zero-order chi connectivity index (χ0) is 23.8. The molecule has 0 spiro atoms. The van der Waals surface area contributed by atoms with Gasteiger partial charge in [-0.25, -0.2) is 4.79 Å². The summed E-state index contributed by atoms with van der Waals surface area (Å²) in [6.45, 7) is 3.25. The Labute approximate surface area is 200 Å². The normalized spacial score (nSPS) is 15.7. The third kappa shape index (κ3) is 5.29. The number of rotatable bonds is 10. The van der Waals surface area contributed by atoms with Crippen LogP contribution in [0.15, 0.2) is 60.7 Å². The summed E-state index contributed by atoms with van der Waals surface area (Å²) in [5.41, 5.74) is 3.90. The first-order valence-corrected chi connectivity index (χ1v) is 12.0. The van der Waals surface area contributed by atoms with Crippen molar-refractivity contribution in [2.75, 3.05) is 19.8 Å². The number of esters is 1. The molecule has 34 heavy (non-hydrogen) atoms. The number of carbonyl (C=O) groups is 2. The van der Waals surface area contributed by atoms with Gasteiger partial charge in [0, 0.05) is 12.3 Å². The number of hydrogen-bond donors (Lipinski definition) is 0. The summed E-state index contributed by atoms with van der Waals surface area (Å²) < 4.78 is 18.9. The van der Waals surface area contributed by atoms with E-state index in [4.69, 9.17) is 14.2 Å². The quantitative estimate of drug-likeness (QED) is 0.223. The van der Waals surface area contributed by atoms with Crippen LogP contribution in [0.25, 0.3) is 16.9 Å². The maximum atomic E-state index is 13.2. The fourth-order valence-corrected chi connectivity index (χ4v) is 4.46. The minimum absolute atomic E-state index is 0.169. The topological polar surface area (TPSA) is 66.8 Å². The van der Waals surface area contributed by atoms with E-state index in [1.54, 1.807) is 6.92 Å². The zero-order valence-corrected chi connectivity index (χ0v) is 19.6. The SMILES string of the molecule is CCOC(=O)c1c(CCCOC2CCCCO2)c(C=O)n(-c2ccccc2)c1-c1ccccc1. The van der Waals surface area contributed by atoms with Crippen LogP contribution in [0.2, 0.25) is 0 Å². The van der Waals surface area contributed by atoms with Crippen molar-refractivity contribution in [1.82, 2.24) is 4.57 Å². The molecule has 1 unspecified atom stereocenters. The molecule has 0 saturated carbocycles. The third-order valence-corrected chi connectivity index (χ3v) is 5.98. The summed E-state index contributed by atoms with van der Waals surface area (Å²) in [6.07, 6.45) is 4.90. The molecule has 0 bridgehead atoms. The van der Waals surface area contributed by atoms with Crippen LogP contribution < -0.4 is 0 Å². The summed E-state index contributed by atoms with van der Waals surface area (Å²) in [7, 11) is 0. The maximum Gasteiger partial charge on any atom is 0.340 e. The second-order valence-corrected chi connectivity index (χ2v) is 8.23. The van der Waals surface area contributed by atoms with E-state index in [9.17, 15) is 9.59 Å². The van der Waals surface area contributed by atoms with Crippen molar-refractivity contribution in [2.24, 2.45) is 0 Å². The molecule has 0 radical (unpaired) electrons. The van der Waals surface area contributed by atoms with Crippen molar-refractivity contribution < 1.29 is 23.8 Å². The molecular formula is C28H31NO5. The minimum atomic E-state index is -0.425. The van der Waals surface area contributed by atoms with Crippen molar-refractivity contribution in [3.8, 4) is 16.9 Å². The highest BCUT2D eigenvalue weighted by Gasteiger charge is 2.29. The molecule has 6 heteroatoms. The first-order chi connectivity index (χ1) is 16.7. The summed E-state index contributed by atoms with van der Waals surface area (Å²) in [5.74, 6) is -0.425. The number of nitrogens with zero attached hydrogens (tertiary/aromatic N) is 1. The number of ether oxygens (including phenoxy) is 3. The van der Waals surface area contributed by atoms with Gasteiger partial charge in [-0.3, -0.25) is 4.79 Å². The van der Waals surface area contributed by atoms with Crippen molar-refractivity contribution in [1.29, 1.82) is 0 Å². The van der Waals surface area contributed by atoms with Crippen LogP contribution >= 0.6 is 0 Å². The lowest BCUT2D eigenvalue weighted by atomic mass is 10.0. The molecule has 1 fully saturated rings. The molecular weight excluding hydrogens is 430 g/mol. The molecule has 0 amide bonds. The highest BCUT2D eigenvalue weighted by atomic mass is 16.7. The number of aldehydes is 1. The lowest BCUT2D eigenvalue weighted by Crippen LogP contribution is -2.22. The summed E-state index contributed by atoms with van der Waals surface area (Å²) >= 11 is 0. The first-order valence-electron chi connectivity index (χ1n) is 12.0. The van der Waals surface area contributed by atoms with E-state index in [0.29, 0.717) is 42.0 Å². The van der Waals surface area contributed by atoms with Gasteiger partial charge in [0.1, 0.15) is 0 Å². The Morgan fingerprint density at radius 3 is 2.47 bits per heavy atom. The Bertz CT molecular complexity index is 1080. The average Bonchev–Trinajstić information content (AvgIpc) is 3.22. The van der Waals surface area contributed by atoms with E-state index in [1.165, 1.54) is 0 Å². The Balaban J connectivity index is 1.76. The maximum absolute atomic E-state index is 13.2. The van der Waals surface area contributed by atoms with Gasteiger partial charge < -0.3 is 18.8 Å². The van der Waals surface area contributed by atoms with Gasteiger partial charge >= 0.3 is 5.97 Å². The molecule has 1 aliphatic heterocycles. The second-order valence-electron chi connectivity index (χ2n) is 8.23. The number of hydrogen-bond acceptors (Lipinski definition) is 5. The predicted molar refractivity (Wildman–Crippen MR) is 130 cm³/mol. The third-order valence-electron chi connectivity index (χ3n) is 5.98. The van der Waals surface area contributed by atoms with Crippen LogP contribution in [0.1, 0.15) is 59.0 Å². The average molecular weight is 462 g/mol. The molecule has 178 valence electrons.